The van der Waals surface area contributed by atoms with Gasteiger partial charge >= 0.3 is 0 Å². The number of fused-ring (bicyclic) bond motifs is 2. The molecule has 40 heavy (non-hydrogen) atoms. The molecule has 7 aromatic rings. The molecule has 0 radical (unpaired) electrons. The lowest BCUT2D eigenvalue weighted by Gasteiger charge is -2.08. The lowest BCUT2D eigenvalue weighted by molar-refractivity contribution is 0.102. The van der Waals surface area contributed by atoms with Gasteiger partial charge in [-0.15, -0.1) is 0 Å². The van der Waals surface area contributed by atoms with E-state index in [1.54, 1.807) is 55.0 Å². The third kappa shape index (κ3) is 4.02. The van der Waals surface area contributed by atoms with E-state index in [9.17, 15) is 4.79 Å². The summed E-state index contributed by atoms with van der Waals surface area (Å²) in [6.07, 6.45) is 9.48. The number of carbonyl (C=O) groups excluding carboxylic acids is 1. The predicted octanol–water partition coefficient (Wildman–Crippen LogP) is 5.41. The Balaban J connectivity index is 1.29. The number of nitrogens with zero attached hydrogens (tertiary/aromatic N) is 6. The molecule has 0 spiro atoms. The molecule has 0 fully saturated rings. The van der Waals surface area contributed by atoms with Gasteiger partial charge in [-0.25, -0.2) is 14.4 Å². The van der Waals surface area contributed by atoms with E-state index in [1.807, 2.05) is 18.2 Å². The number of aromatic amines is 2. The number of rotatable bonds is 5. The fourth-order valence-electron chi connectivity index (χ4n) is 4.54. The van der Waals surface area contributed by atoms with Gasteiger partial charge in [-0.05, 0) is 36.4 Å². The maximum Gasteiger partial charge on any atom is 0.255 e. The van der Waals surface area contributed by atoms with Crippen molar-refractivity contribution in [2.45, 2.75) is 0 Å². The first-order valence-corrected chi connectivity index (χ1v) is 12.3. The van der Waals surface area contributed by atoms with Crippen molar-refractivity contribution in [1.82, 2.24) is 40.1 Å². The fourth-order valence-corrected chi connectivity index (χ4v) is 4.54. The van der Waals surface area contributed by atoms with E-state index >= 15 is 4.39 Å². The molecule has 0 unspecified atom stereocenters. The van der Waals surface area contributed by atoms with Crippen LogP contribution in [-0.4, -0.2) is 46.0 Å². The summed E-state index contributed by atoms with van der Waals surface area (Å²) in [5.74, 6) is -0.483. The molecule has 6 heterocycles. The zero-order chi connectivity index (χ0) is 27.1. The Hall–Kier alpha value is -5.84. The summed E-state index contributed by atoms with van der Waals surface area (Å²) in [5, 5.41) is 10.1. The van der Waals surface area contributed by atoms with Crippen LogP contribution in [-0.2, 0) is 0 Å². The average molecular weight is 528 g/mol. The minimum absolute atomic E-state index is 0.172. The lowest BCUT2D eigenvalue weighted by Crippen LogP contribution is -2.11. The molecular formula is C29H18FN9O. The highest BCUT2D eigenvalue weighted by Crippen LogP contribution is 2.34. The lowest BCUT2D eigenvalue weighted by atomic mass is 10.1. The molecule has 3 N–H and O–H groups in total. The van der Waals surface area contributed by atoms with Crippen LogP contribution in [0, 0.1) is 5.82 Å². The van der Waals surface area contributed by atoms with E-state index in [0.717, 1.165) is 11.1 Å². The van der Waals surface area contributed by atoms with E-state index in [1.165, 1.54) is 18.6 Å². The van der Waals surface area contributed by atoms with Gasteiger partial charge in [-0.3, -0.25) is 24.8 Å². The topological polar surface area (TPSA) is 138 Å². The molecule has 0 saturated heterocycles. The molecular weight excluding hydrogens is 509 g/mol. The first-order valence-electron chi connectivity index (χ1n) is 12.3. The average Bonchev–Trinajstić information content (AvgIpc) is 3.63. The maximum absolute atomic E-state index is 16.1. The molecule has 0 aliphatic carbocycles. The van der Waals surface area contributed by atoms with Crippen LogP contribution in [0.3, 0.4) is 0 Å². The summed E-state index contributed by atoms with van der Waals surface area (Å²) in [6, 6.07) is 16.0. The van der Waals surface area contributed by atoms with Gasteiger partial charge in [-0.2, -0.15) is 5.10 Å². The second-order valence-corrected chi connectivity index (χ2v) is 8.95. The van der Waals surface area contributed by atoms with Crippen LogP contribution < -0.4 is 5.32 Å². The quantitative estimate of drug-likeness (QED) is 0.272. The van der Waals surface area contributed by atoms with Gasteiger partial charge in [0, 0.05) is 53.2 Å². The number of anilines is 1. The number of amides is 1. The number of hydrogen-bond donors (Lipinski definition) is 3. The van der Waals surface area contributed by atoms with Gasteiger partial charge in [0.2, 0.25) is 0 Å². The molecule has 11 heteroatoms. The van der Waals surface area contributed by atoms with Crippen molar-refractivity contribution in [1.29, 1.82) is 0 Å². The minimum Gasteiger partial charge on any atom is -0.336 e. The van der Waals surface area contributed by atoms with Crippen molar-refractivity contribution in [2.24, 2.45) is 0 Å². The molecule has 6 aromatic heterocycles. The van der Waals surface area contributed by atoms with Crippen molar-refractivity contribution in [3.8, 4) is 33.9 Å². The highest BCUT2D eigenvalue weighted by molar-refractivity contribution is 6.04. The zero-order valence-corrected chi connectivity index (χ0v) is 20.6. The monoisotopic (exact) mass is 527 g/mol. The summed E-state index contributed by atoms with van der Waals surface area (Å²) in [7, 11) is 0. The molecule has 1 aromatic carbocycles. The van der Waals surface area contributed by atoms with Crippen LogP contribution in [0.4, 0.5) is 10.1 Å². The van der Waals surface area contributed by atoms with Crippen LogP contribution >= 0.6 is 0 Å². The van der Waals surface area contributed by atoms with Gasteiger partial charge in [-0.1, -0.05) is 18.2 Å². The van der Waals surface area contributed by atoms with Gasteiger partial charge < -0.3 is 10.3 Å². The fraction of sp³-hybridized carbons (Fsp3) is 0. The number of halogens is 1. The van der Waals surface area contributed by atoms with Crippen molar-refractivity contribution in [2.75, 3.05) is 5.32 Å². The number of hydrogen-bond acceptors (Lipinski definition) is 7. The van der Waals surface area contributed by atoms with Crippen LogP contribution in [0.1, 0.15) is 10.4 Å². The van der Waals surface area contributed by atoms with Gasteiger partial charge in [0.1, 0.15) is 17.0 Å². The molecule has 0 atom stereocenters. The Kier molecular flexibility index (Phi) is 5.52. The Bertz CT molecular complexity index is 2020. The van der Waals surface area contributed by atoms with Gasteiger partial charge in [0.05, 0.1) is 28.5 Å². The van der Waals surface area contributed by atoms with Crippen molar-refractivity contribution in [3.63, 3.8) is 0 Å². The van der Waals surface area contributed by atoms with Crippen LogP contribution in [0.5, 0.6) is 0 Å². The van der Waals surface area contributed by atoms with E-state index in [0.29, 0.717) is 33.8 Å². The molecule has 0 saturated carbocycles. The van der Waals surface area contributed by atoms with Crippen molar-refractivity contribution >= 4 is 33.7 Å². The van der Waals surface area contributed by atoms with Gasteiger partial charge in [0.25, 0.3) is 5.91 Å². The van der Waals surface area contributed by atoms with E-state index in [2.05, 4.69) is 40.4 Å². The molecule has 192 valence electrons. The highest BCUT2D eigenvalue weighted by atomic mass is 19.1. The summed E-state index contributed by atoms with van der Waals surface area (Å²) in [6.45, 7) is 0. The smallest absolute Gasteiger partial charge is 0.255 e. The standard InChI is InChI=1S/C29H18FN9O/c30-23-20(18-11-19(14-32-13-18)35-29(40)16-5-2-1-3-6-16)15-34-27-22(23)26(38-39-27)28-36-21-8-10-33-24(25(21)37-28)17-7-4-9-31-12-17/h1-15H,(H,35,40)(H,36,37)(H,34,38,39). The summed E-state index contributed by atoms with van der Waals surface area (Å²) < 4.78 is 16.1. The Labute approximate surface area is 225 Å². The summed E-state index contributed by atoms with van der Waals surface area (Å²) >= 11 is 0. The van der Waals surface area contributed by atoms with Crippen molar-refractivity contribution in [3.05, 3.63) is 103 Å². The first-order chi connectivity index (χ1) is 19.7. The number of nitrogens with one attached hydrogen (secondary N) is 3. The molecule has 0 bridgehead atoms. The number of H-pyrrole nitrogens is 2. The number of carbonyl (C=O) groups is 1. The number of aromatic nitrogens is 8. The number of benzene rings is 1. The Morgan fingerprint density at radius 2 is 1.73 bits per heavy atom. The van der Waals surface area contributed by atoms with E-state index in [-0.39, 0.29) is 28.2 Å². The van der Waals surface area contributed by atoms with E-state index in [4.69, 9.17) is 4.98 Å². The maximum atomic E-state index is 16.1. The number of pyridine rings is 4. The third-order valence-electron chi connectivity index (χ3n) is 6.43. The van der Waals surface area contributed by atoms with Crippen LogP contribution in [0.15, 0.2) is 91.8 Å². The molecule has 7 rings (SSSR count). The Morgan fingerprint density at radius 1 is 0.850 bits per heavy atom. The molecule has 0 aliphatic heterocycles. The normalized spacial score (nSPS) is 11.2. The second kappa shape index (κ2) is 9.48. The largest absolute Gasteiger partial charge is 0.336 e. The minimum atomic E-state index is -0.548. The van der Waals surface area contributed by atoms with E-state index < -0.39 is 5.82 Å². The highest BCUT2D eigenvalue weighted by Gasteiger charge is 2.22. The van der Waals surface area contributed by atoms with Crippen LogP contribution in [0.2, 0.25) is 0 Å². The number of imidazole rings is 1. The molecule has 10 nitrogen and oxygen atoms in total. The Morgan fingerprint density at radius 3 is 2.58 bits per heavy atom. The zero-order valence-electron chi connectivity index (χ0n) is 20.6. The third-order valence-corrected chi connectivity index (χ3v) is 6.43. The van der Waals surface area contributed by atoms with Crippen LogP contribution in [0.25, 0.3) is 56.0 Å². The SMILES string of the molecule is O=C(Nc1cncc(-c2cnc3[nH]nc(-c4nc5c(-c6cccnc6)nccc5[nH]4)c3c2F)c1)c1ccccc1. The summed E-state index contributed by atoms with van der Waals surface area (Å²) in [5.41, 5.74) is 4.88. The molecule has 1 amide bonds. The predicted molar refractivity (Wildman–Crippen MR) is 148 cm³/mol. The first kappa shape index (κ1) is 23.3. The van der Waals surface area contributed by atoms with Crippen molar-refractivity contribution < 1.29 is 9.18 Å². The second-order valence-electron chi connectivity index (χ2n) is 8.95. The van der Waals surface area contributed by atoms with Gasteiger partial charge in [0.15, 0.2) is 11.5 Å². The summed E-state index contributed by atoms with van der Waals surface area (Å²) in [4.78, 5) is 37.8. The molecule has 0 aliphatic rings.